The van der Waals surface area contributed by atoms with Gasteiger partial charge in [-0.05, 0) is 42.3 Å². The van der Waals surface area contributed by atoms with E-state index >= 15 is 0 Å². The van der Waals surface area contributed by atoms with Gasteiger partial charge in [0.15, 0.2) is 0 Å². The normalized spacial score (nSPS) is 10.5. The van der Waals surface area contributed by atoms with Gasteiger partial charge in [-0.1, -0.05) is 41.6 Å². The van der Waals surface area contributed by atoms with Gasteiger partial charge in [-0.15, -0.1) is 0 Å². The van der Waals surface area contributed by atoms with Crippen molar-refractivity contribution in [1.82, 2.24) is 0 Å². The predicted octanol–water partition coefficient (Wildman–Crippen LogP) is 4.26. The standard InChI is InChI=1S/C14H14ClNS/c1-10-2-5-13(8-14(10)15)17-12-6-3-11(9-16)4-7-12/h2-8H,9,16H2,1H3. The number of halogens is 1. The lowest BCUT2D eigenvalue weighted by Gasteiger charge is -2.05. The molecule has 0 aromatic heterocycles. The van der Waals surface area contributed by atoms with Crippen molar-refractivity contribution in [3.8, 4) is 0 Å². The van der Waals surface area contributed by atoms with Crippen molar-refractivity contribution in [2.45, 2.75) is 23.3 Å². The first-order valence-electron chi connectivity index (χ1n) is 5.42. The second kappa shape index (κ2) is 5.58. The molecule has 0 heterocycles. The molecule has 0 unspecified atom stereocenters. The van der Waals surface area contributed by atoms with Gasteiger partial charge in [0.05, 0.1) is 0 Å². The average molecular weight is 264 g/mol. The van der Waals surface area contributed by atoms with E-state index in [-0.39, 0.29) is 0 Å². The number of aryl methyl sites for hydroxylation is 1. The molecular weight excluding hydrogens is 250 g/mol. The maximum atomic E-state index is 6.10. The second-order valence-corrected chi connectivity index (χ2v) is 5.42. The van der Waals surface area contributed by atoms with Crippen LogP contribution in [0, 0.1) is 6.92 Å². The van der Waals surface area contributed by atoms with Crippen molar-refractivity contribution in [3.63, 3.8) is 0 Å². The quantitative estimate of drug-likeness (QED) is 0.896. The molecule has 3 heteroatoms. The Kier molecular flexibility index (Phi) is 4.11. The van der Waals surface area contributed by atoms with E-state index in [9.17, 15) is 0 Å². The molecule has 17 heavy (non-hydrogen) atoms. The van der Waals surface area contributed by atoms with Gasteiger partial charge in [-0.25, -0.2) is 0 Å². The van der Waals surface area contributed by atoms with Crippen molar-refractivity contribution in [2.75, 3.05) is 0 Å². The first-order chi connectivity index (χ1) is 8.19. The van der Waals surface area contributed by atoms with Crippen LogP contribution in [0.3, 0.4) is 0 Å². The summed E-state index contributed by atoms with van der Waals surface area (Å²) in [6.45, 7) is 2.59. The van der Waals surface area contributed by atoms with E-state index in [4.69, 9.17) is 17.3 Å². The van der Waals surface area contributed by atoms with Crippen molar-refractivity contribution in [3.05, 3.63) is 58.6 Å². The summed E-state index contributed by atoms with van der Waals surface area (Å²) in [5, 5.41) is 0.813. The van der Waals surface area contributed by atoms with E-state index in [0.29, 0.717) is 6.54 Å². The highest BCUT2D eigenvalue weighted by atomic mass is 35.5. The summed E-state index contributed by atoms with van der Waals surface area (Å²) in [5.74, 6) is 0. The van der Waals surface area contributed by atoms with Crippen molar-refractivity contribution in [2.24, 2.45) is 5.73 Å². The number of hydrogen-bond acceptors (Lipinski definition) is 2. The number of nitrogens with two attached hydrogens (primary N) is 1. The molecule has 88 valence electrons. The minimum atomic E-state index is 0.585. The summed E-state index contributed by atoms with van der Waals surface area (Å²) < 4.78 is 0. The topological polar surface area (TPSA) is 26.0 Å². The Morgan fingerprint density at radius 1 is 1.06 bits per heavy atom. The average Bonchev–Trinajstić information content (AvgIpc) is 2.35. The van der Waals surface area contributed by atoms with Crippen molar-refractivity contribution < 1.29 is 0 Å². The lowest BCUT2D eigenvalue weighted by Crippen LogP contribution is -1.94. The van der Waals surface area contributed by atoms with Crippen LogP contribution in [-0.4, -0.2) is 0 Å². The van der Waals surface area contributed by atoms with Gasteiger partial charge in [0.25, 0.3) is 0 Å². The molecule has 0 saturated heterocycles. The summed E-state index contributed by atoms with van der Waals surface area (Å²) in [5.41, 5.74) is 7.82. The monoisotopic (exact) mass is 263 g/mol. The molecule has 0 aliphatic heterocycles. The van der Waals surface area contributed by atoms with Crippen LogP contribution in [0.4, 0.5) is 0 Å². The van der Waals surface area contributed by atoms with Gasteiger partial charge in [0, 0.05) is 21.4 Å². The Morgan fingerprint density at radius 3 is 2.29 bits per heavy atom. The Morgan fingerprint density at radius 2 is 1.71 bits per heavy atom. The molecule has 0 saturated carbocycles. The van der Waals surface area contributed by atoms with E-state index < -0.39 is 0 Å². The van der Waals surface area contributed by atoms with Gasteiger partial charge in [0.2, 0.25) is 0 Å². The van der Waals surface area contributed by atoms with Crippen LogP contribution in [0.1, 0.15) is 11.1 Å². The zero-order valence-corrected chi connectivity index (χ0v) is 11.2. The van der Waals surface area contributed by atoms with Crippen molar-refractivity contribution in [1.29, 1.82) is 0 Å². The fourth-order valence-corrected chi connectivity index (χ4v) is 2.57. The minimum Gasteiger partial charge on any atom is -0.326 e. The number of rotatable bonds is 3. The van der Waals surface area contributed by atoms with Crippen LogP contribution in [-0.2, 0) is 6.54 Å². The smallest absolute Gasteiger partial charge is 0.0446 e. The molecule has 0 spiro atoms. The van der Waals surface area contributed by atoms with E-state index in [2.05, 4.69) is 30.3 Å². The predicted molar refractivity (Wildman–Crippen MR) is 74.6 cm³/mol. The van der Waals surface area contributed by atoms with E-state index in [1.165, 1.54) is 4.90 Å². The molecule has 1 nitrogen and oxygen atoms in total. The molecule has 2 aromatic rings. The van der Waals surface area contributed by atoms with E-state index in [0.717, 1.165) is 21.0 Å². The lowest BCUT2D eigenvalue weighted by molar-refractivity contribution is 1.07. The highest BCUT2D eigenvalue weighted by Gasteiger charge is 2.00. The molecule has 0 atom stereocenters. The van der Waals surface area contributed by atoms with Crippen LogP contribution in [0.15, 0.2) is 52.3 Å². The molecule has 2 aromatic carbocycles. The van der Waals surface area contributed by atoms with Crippen LogP contribution in [0.25, 0.3) is 0 Å². The Hall–Kier alpha value is -0.960. The summed E-state index contributed by atoms with van der Waals surface area (Å²) >= 11 is 7.80. The maximum Gasteiger partial charge on any atom is 0.0446 e. The fraction of sp³-hybridized carbons (Fsp3) is 0.143. The summed E-state index contributed by atoms with van der Waals surface area (Å²) in [6, 6.07) is 14.4. The second-order valence-electron chi connectivity index (χ2n) is 3.86. The first-order valence-corrected chi connectivity index (χ1v) is 6.61. The zero-order valence-electron chi connectivity index (χ0n) is 9.61. The lowest BCUT2D eigenvalue weighted by atomic mass is 10.2. The van der Waals surface area contributed by atoms with Gasteiger partial charge < -0.3 is 5.73 Å². The summed E-state index contributed by atoms with van der Waals surface area (Å²) in [4.78, 5) is 2.35. The molecule has 2 N–H and O–H groups in total. The van der Waals surface area contributed by atoms with E-state index in [1.54, 1.807) is 11.8 Å². The van der Waals surface area contributed by atoms with Gasteiger partial charge >= 0.3 is 0 Å². The molecule has 0 aliphatic rings. The number of benzene rings is 2. The highest BCUT2D eigenvalue weighted by Crippen LogP contribution is 2.30. The van der Waals surface area contributed by atoms with Crippen LogP contribution >= 0.6 is 23.4 Å². The molecule has 0 aliphatic carbocycles. The molecule has 0 amide bonds. The minimum absolute atomic E-state index is 0.585. The molecule has 0 bridgehead atoms. The third-order valence-electron chi connectivity index (χ3n) is 2.54. The Balaban J connectivity index is 2.16. The van der Waals surface area contributed by atoms with Crippen molar-refractivity contribution >= 4 is 23.4 Å². The maximum absolute atomic E-state index is 6.10. The van der Waals surface area contributed by atoms with Gasteiger partial charge in [0.1, 0.15) is 0 Å². The summed E-state index contributed by atoms with van der Waals surface area (Å²) in [7, 11) is 0. The first kappa shape index (κ1) is 12.5. The third-order valence-corrected chi connectivity index (χ3v) is 3.94. The molecule has 0 radical (unpaired) electrons. The van der Waals surface area contributed by atoms with Crippen LogP contribution in [0.2, 0.25) is 5.02 Å². The largest absolute Gasteiger partial charge is 0.326 e. The fourth-order valence-electron chi connectivity index (χ4n) is 1.47. The SMILES string of the molecule is Cc1ccc(Sc2ccc(CN)cc2)cc1Cl. The molecular formula is C14H14ClNS. The highest BCUT2D eigenvalue weighted by molar-refractivity contribution is 7.99. The van der Waals surface area contributed by atoms with Crippen LogP contribution < -0.4 is 5.73 Å². The Bertz CT molecular complexity index is 508. The Labute approximate surface area is 111 Å². The van der Waals surface area contributed by atoms with Crippen LogP contribution in [0.5, 0.6) is 0 Å². The molecule has 0 fully saturated rings. The van der Waals surface area contributed by atoms with E-state index in [1.807, 2.05) is 19.1 Å². The zero-order chi connectivity index (χ0) is 12.3. The third kappa shape index (κ3) is 3.25. The summed E-state index contributed by atoms with van der Waals surface area (Å²) in [6.07, 6.45) is 0. The van der Waals surface area contributed by atoms with Gasteiger partial charge in [-0.3, -0.25) is 0 Å². The van der Waals surface area contributed by atoms with Gasteiger partial charge in [-0.2, -0.15) is 0 Å². The number of hydrogen-bond donors (Lipinski definition) is 1. The molecule has 2 rings (SSSR count).